The Hall–Kier alpha value is -2.50. The Morgan fingerprint density at radius 3 is 2.48 bits per heavy atom. The number of aromatic nitrogens is 1. The predicted octanol–water partition coefficient (Wildman–Crippen LogP) is 6.98. The number of hydrogen-bond donors (Lipinski definition) is 0. The van der Waals surface area contributed by atoms with Crippen LogP contribution < -0.4 is 9.80 Å². The topological polar surface area (TPSA) is 19.4 Å². The number of rotatable bonds is 8. The van der Waals surface area contributed by atoms with E-state index >= 15 is 0 Å². The highest BCUT2D eigenvalue weighted by Gasteiger charge is 2.37. The first-order valence-corrected chi connectivity index (χ1v) is 11.1. The molecule has 0 bridgehead atoms. The van der Waals surface area contributed by atoms with E-state index in [9.17, 15) is 13.2 Å². The van der Waals surface area contributed by atoms with E-state index in [0.29, 0.717) is 13.0 Å². The third-order valence-corrected chi connectivity index (χ3v) is 5.92. The molecule has 0 amide bonds. The van der Waals surface area contributed by atoms with Gasteiger partial charge in [0, 0.05) is 49.2 Å². The number of allylic oxidation sites excluding steroid dienone is 1. The lowest BCUT2D eigenvalue weighted by atomic mass is 10.0. The van der Waals surface area contributed by atoms with Crippen molar-refractivity contribution in [3.05, 3.63) is 54.4 Å². The molecule has 1 aromatic carbocycles. The van der Waals surface area contributed by atoms with Crippen LogP contribution >= 0.6 is 0 Å². The largest absolute Gasteiger partial charge is 0.389 e. The number of aryl methyl sites for hydroxylation is 1. The molecule has 2 heterocycles. The number of halogens is 3. The zero-order chi connectivity index (χ0) is 22.6. The van der Waals surface area contributed by atoms with E-state index < -0.39 is 18.5 Å². The standard InChI is InChI=1S/C25H32F3N3/c1-5-7-12-30(6-2)24-11-9-22(16-29-24)21-8-10-23(18(3)13-21)31-17-20(14-19(31)4)15-25(26,27)28/h8-11,13,16,20H,4-7,12,14-15,17H2,1-3H3. The average Bonchev–Trinajstić information content (AvgIpc) is 3.07. The Bertz CT molecular complexity index is 890. The number of alkyl halides is 3. The number of benzene rings is 1. The monoisotopic (exact) mass is 431 g/mol. The molecule has 1 atom stereocenters. The van der Waals surface area contributed by atoms with Crippen molar-refractivity contribution in [2.24, 2.45) is 5.92 Å². The highest BCUT2D eigenvalue weighted by atomic mass is 19.4. The molecule has 0 spiro atoms. The third-order valence-electron chi connectivity index (χ3n) is 5.92. The Morgan fingerprint density at radius 2 is 1.90 bits per heavy atom. The zero-order valence-electron chi connectivity index (χ0n) is 18.7. The zero-order valence-corrected chi connectivity index (χ0v) is 18.7. The molecule has 0 radical (unpaired) electrons. The first kappa shape index (κ1) is 23.2. The smallest absolute Gasteiger partial charge is 0.357 e. The van der Waals surface area contributed by atoms with E-state index in [-0.39, 0.29) is 0 Å². The van der Waals surface area contributed by atoms with Gasteiger partial charge in [0.05, 0.1) is 0 Å². The molecule has 0 saturated carbocycles. The highest BCUT2D eigenvalue weighted by Crippen LogP contribution is 2.39. The number of anilines is 2. The molecule has 1 aromatic heterocycles. The first-order valence-electron chi connectivity index (χ1n) is 11.1. The van der Waals surface area contributed by atoms with Crippen molar-refractivity contribution in [1.82, 2.24) is 4.98 Å². The molecule has 1 fully saturated rings. The molecule has 1 aliphatic rings. The maximum Gasteiger partial charge on any atom is 0.389 e. The van der Waals surface area contributed by atoms with Crippen LogP contribution in [-0.4, -0.2) is 30.8 Å². The molecule has 1 aliphatic heterocycles. The third kappa shape index (κ3) is 5.81. The SMILES string of the molecule is C=C1CC(CC(F)(F)F)CN1c1ccc(-c2ccc(N(CC)CCCC)nc2)cc1C. The van der Waals surface area contributed by atoms with E-state index in [0.717, 1.165) is 59.8 Å². The molecule has 168 valence electrons. The lowest BCUT2D eigenvalue weighted by Gasteiger charge is -2.23. The molecular weight excluding hydrogens is 399 g/mol. The van der Waals surface area contributed by atoms with Crippen LogP contribution in [0.25, 0.3) is 11.1 Å². The van der Waals surface area contributed by atoms with Gasteiger partial charge in [-0.3, -0.25) is 0 Å². The molecule has 6 heteroatoms. The second-order valence-electron chi connectivity index (χ2n) is 8.41. The predicted molar refractivity (Wildman–Crippen MR) is 122 cm³/mol. The van der Waals surface area contributed by atoms with Crippen molar-refractivity contribution in [3.63, 3.8) is 0 Å². The van der Waals surface area contributed by atoms with Crippen molar-refractivity contribution in [2.45, 2.75) is 52.6 Å². The maximum absolute atomic E-state index is 12.8. The molecule has 1 saturated heterocycles. The molecule has 0 aliphatic carbocycles. The van der Waals surface area contributed by atoms with Gasteiger partial charge in [-0.05, 0) is 68.0 Å². The lowest BCUT2D eigenvalue weighted by molar-refractivity contribution is -0.142. The molecular formula is C25H32F3N3. The number of nitrogens with zero attached hydrogens (tertiary/aromatic N) is 3. The van der Waals surface area contributed by atoms with Crippen molar-refractivity contribution in [3.8, 4) is 11.1 Å². The minimum absolute atomic E-state index is 0.361. The van der Waals surface area contributed by atoms with E-state index in [1.807, 2.05) is 30.2 Å². The van der Waals surface area contributed by atoms with Gasteiger partial charge < -0.3 is 9.80 Å². The summed E-state index contributed by atoms with van der Waals surface area (Å²) in [6.45, 7) is 12.6. The molecule has 31 heavy (non-hydrogen) atoms. The fourth-order valence-electron chi connectivity index (χ4n) is 4.29. The van der Waals surface area contributed by atoms with Crippen molar-refractivity contribution in [1.29, 1.82) is 0 Å². The van der Waals surface area contributed by atoms with Crippen molar-refractivity contribution in [2.75, 3.05) is 29.4 Å². The summed E-state index contributed by atoms with van der Waals surface area (Å²) in [4.78, 5) is 8.87. The van der Waals surface area contributed by atoms with E-state index in [1.165, 1.54) is 0 Å². The van der Waals surface area contributed by atoms with Gasteiger partial charge in [-0.2, -0.15) is 13.2 Å². The first-order chi connectivity index (χ1) is 14.7. The summed E-state index contributed by atoms with van der Waals surface area (Å²) < 4.78 is 38.4. The normalized spacial score (nSPS) is 16.8. The average molecular weight is 432 g/mol. The van der Waals surface area contributed by atoms with E-state index in [2.05, 4.69) is 48.5 Å². The van der Waals surface area contributed by atoms with Gasteiger partial charge in [-0.1, -0.05) is 26.0 Å². The molecule has 1 unspecified atom stereocenters. The second-order valence-corrected chi connectivity index (χ2v) is 8.41. The minimum Gasteiger partial charge on any atom is -0.357 e. The van der Waals surface area contributed by atoms with Gasteiger partial charge in [-0.25, -0.2) is 4.98 Å². The molecule has 2 aromatic rings. The summed E-state index contributed by atoms with van der Waals surface area (Å²) in [5.41, 5.74) is 4.78. The fourth-order valence-corrected chi connectivity index (χ4v) is 4.29. The van der Waals surface area contributed by atoms with Crippen LogP contribution in [0.15, 0.2) is 48.8 Å². The number of unbranched alkanes of at least 4 members (excludes halogenated alkanes) is 1. The summed E-state index contributed by atoms with van der Waals surface area (Å²) in [6.07, 6.45) is -0.317. The van der Waals surface area contributed by atoms with Crippen LogP contribution in [0.2, 0.25) is 0 Å². The summed E-state index contributed by atoms with van der Waals surface area (Å²) in [6, 6.07) is 10.2. The lowest BCUT2D eigenvalue weighted by Crippen LogP contribution is -2.24. The van der Waals surface area contributed by atoms with Crippen LogP contribution in [0.4, 0.5) is 24.7 Å². The van der Waals surface area contributed by atoms with Crippen molar-refractivity contribution >= 4 is 11.5 Å². The molecule has 3 nitrogen and oxygen atoms in total. The van der Waals surface area contributed by atoms with Gasteiger partial charge in [0.2, 0.25) is 0 Å². The van der Waals surface area contributed by atoms with E-state index in [1.54, 1.807) is 0 Å². The summed E-state index contributed by atoms with van der Waals surface area (Å²) in [5, 5.41) is 0. The second kappa shape index (κ2) is 9.75. The van der Waals surface area contributed by atoms with E-state index in [4.69, 9.17) is 0 Å². The minimum atomic E-state index is -4.14. The quantitative estimate of drug-likeness (QED) is 0.450. The Labute approximate surface area is 183 Å². The molecule has 3 rings (SSSR count). The fraction of sp³-hybridized carbons (Fsp3) is 0.480. The highest BCUT2D eigenvalue weighted by molar-refractivity contribution is 5.70. The van der Waals surface area contributed by atoms with Crippen LogP contribution in [-0.2, 0) is 0 Å². The van der Waals surface area contributed by atoms with Gasteiger partial charge in [0.25, 0.3) is 0 Å². The maximum atomic E-state index is 12.8. The summed E-state index contributed by atoms with van der Waals surface area (Å²) >= 11 is 0. The van der Waals surface area contributed by atoms with Crippen LogP contribution in [0.1, 0.15) is 45.1 Å². The van der Waals surface area contributed by atoms with Gasteiger partial charge in [-0.15, -0.1) is 0 Å². The van der Waals surface area contributed by atoms with Gasteiger partial charge in [0.15, 0.2) is 0 Å². The van der Waals surface area contributed by atoms with Crippen molar-refractivity contribution < 1.29 is 13.2 Å². The summed E-state index contributed by atoms with van der Waals surface area (Å²) in [7, 11) is 0. The van der Waals surface area contributed by atoms with Gasteiger partial charge >= 0.3 is 6.18 Å². The Morgan fingerprint density at radius 1 is 1.16 bits per heavy atom. The van der Waals surface area contributed by atoms with Crippen LogP contribution in [0.3, 0.4) is 0 Å². The van der Waals surface area contributed by atoms with Gasteiger partial charge in [0.1, 0.15) is 5.82 Å². The number of hydrogen-bond acceptors (Lipinski definition) is 3. The van der Waals surface area contributed by atoms with Crippen LogP contribution in [0, 0.1) is 12.8 Å². The Kier molecular flexibility index (Phi) is 7.29. The Balaban J connectivity index is 1.74. The summed E-state index contributed by atoms with van der Waals surface area (Å²) in [5.74, 6) is 0.551. The van der Waals surface area contributed by atoms with Crippen LogP contribution in [0.5, 0.6) is 0 Å². The molecule has 0 N–H and O–H groups in total. The number of pyridine rings is 1.